The van der Waals surface area contributed by atoms with Crippen molar-refractivity contribution in [3.63, 3.8) is 0 Å². The lowest BCUT2D eigenvalue weighted by Gasteiger charge is -2.19. The molecule has 11 heteroatoms. The molecule has 0 aliphatic carbocycles. The van der Waals surface area contributed by atoms with Crippen LogP contribution in [0.15, 0.2) is 42.2 Å². The smallest absolute Gasteiger partial charge is 0.308 e. The van der Waals surface area contributed by atoms with Gasteiger partial charge in [-0.3, -0.25) is 14.0 Å². The van der Waals surface area contributed by atoms with Gasteiger partial charge in [-0.05, 0) is 19.1 Å². The van der Waals surface area contributed by atoms with Crippen LogP contribution in [0.3, 0.4) is 0 Å². The van der Waals surface area contributed by atoms with E-state index < -0.39 is 22.9 Å². The Morgan fingerprint density at radius 1 is 1.44 bits per heavy atom. The normalized spacial score (nSPS) is 13.1. The molecule has 0 bridgehead atoms. The van der Waals surface area contributed by atoms with Gasteiger partial charge in [-0.2, -0.15) is 18.3 Å². The van der Waals surface area contributed by atoms with Gasteiger partial charge in [0.25, 0.3) is 0 Å². The lowest BCUT2D eigenvalue weighted by atomic mass is 10.3. The first-order valence-corrected chi connectivity index (χ1v) is 9.56. The summed E-state index contributed by atoms with van der Waals surface area (Å²) in [5.41, 5.74) is 0.997. The number of aromatic nitrogens is 3. The van der Waals surface area contributed by atoms with Crippen molar-refractivity contribution >= 4 is 34.0 Å². The standard InChI is InChI=1S/C16H16ClF3N4O2S/c1-2-23(14(25)5-8-27(26)9-6-16(18,19)20)13-11-24(22-15(13)17)12-4-3-7-21-10-12/h3-4,6-7,9-11H,2,5,8H2,1H3/b9-6+. The molecule has 1 atom stereocenters. The van der Waals surface area contributed by atoms with Gasteiger partial charge in [-0.15, -0.1) is 0 Å². The predicted octanol–water partition coefficient (Wildman–Crippen LogP) is 3.49. The van der Waals surface area contributed by atoms with E-state index in [0.717, 1.165) is 0 Å². The minimum absolute atomic E-state index is 0.0899. The van der Waals surface area contributed by atoms with Gasteiger partial charge in [0.1, 0.15) is 5.69 Å². The number of halogens is 4. The van der Waals surface area contributed by atoms with Gasteiger partial charge in [0.15, 0.2) is 5.15 Å². The first-order chi connectivity index (χ1) is 12.7. The van der Waals surface area contributed by atoms with E-state index in [9.17, 15) is 22.2 Å². The topological polar surface area (TPSA) is 68.1 Å². The molecule has 0 aromatic carbocycles. The van der Waals surface area contributed by atoms with Crippen LogP contribution in [0.4, 0.5) is 18.9 Å². The highest BCUT2D eigenvalue weighted by molar-refractivity contribution is 7.87. The number of amides is 1. The largest absolute Gasteiger partial charge is 0.410 e. The molecule has 0 saturated heterocycles. The molecule has 27 heavy (non-hydrogen) atoms. The summed E-state index contributed by atoms with van der Waals surface area (Å²) in [6, 6.07) is 3.48. The monoisotopic (exact) mass is 420 g/mol. The number of pyridine rings is 1. The van der Waals surface area contributed by atoms with E-state index in [-0.39, 0.29) is 29.9 Å². The molecule has 2 aromatic rings. The molecule has 6 nitrogen and oxygen atoms in total. The molecular weight excluding hydrogens is 405 g/mol. The summed E-state index contributed by atoms with van der Waals surface area (Å²) in [5, 5.41) is 4.76. The summed E-state index contributed by atoms with van der Waals surface area (Å²) in [6.07, 6.45) is -0.103. The van der Waals surface area contributed by atoms with Crippen molar-refractivity contribution in [3.05, 3.63) is 47.4 Å². The highest BCUT2D eigenvalue weighted by Crippen LogP contribution is 2.26. The Morgan fingerprint density at radius 3 is 2.78 bits per heavy atom. The highest BCUT2D eigenvalue weighted by Gasteiger charge is 2.23. The number of anilines is 1. The maximum atomic E-state index is 12.4. The molecule has 0 spiro atoms. The van der Waals surface area contributed by atoms with Crippen molar-refractivity contribution in [2.24, 2.45) is 0 Å². The van der Waals surface area contributed by atoms with E-state index >= 15 is 0 Å². The van der Waals surface area contributed by atoms with E-state index in [4.69, 9.17) is 11.6 Å². The van der Waals surface area contributed by atoms with Crippen LogP contribution in [-0.4, -0.2) is 43.4 Å². The van der Waals surface area contributed by atoms with Gasteiger partial charge < -0.3 is 4.90 Å². The van der Waals surface area contributed by atoms with Crippen molar-refractivity contribution in [3.8, 4) is 5.69 Å². The van der Waals surface area contributed by atoms with E-state index in [1.807, 2.05) is 0 Å². The summed E-state index contributed by atoms with van der Waals surface area (Å²) in [5.74, 6) is -0.644. The van der Waals surface area contributed by atoms with Gasteiger partial charge >= 0.3 is 6.18 Å². The number of nitrogens with zero attached hydrogens (tertiary/aromatic N) is 4. The van der Waals surface area contributed by atoms with Crippen LogP contribution in [0.25, 0.3) is 5.69 Å². The molecular formula is C16H16ClF3N4O2S. The van der Waals surface area contributed by atoms with Crippen LogP contribution >= 0.6 is 11.6 Å². The van der Waals surface area contributed by atoms with E-state index in [1.54, 1.807) is 37.6 Å². The van der Waals surface area contributed by atoms with Crippen molar-refractivity contribution < 1.29 is 22.2 Å². The summed E-state index contributed by atoms with van der Waals surface area (Å²) in [4.78, 5) is 17.7. The molecule has 0 saturated carbocycles. The molecule has 0 N–H and O–H groups in total. The second kappa shape index (κ2) is 9.14. The number of carbonyl (C=O) groups is 1. The van der Waals surface area contributed by atoms with Crippen LogP contribution in [-0.2, 0) is 15.6 Å². The van der Waals surface area contributed by atoms with Gasteiger partial charge in [0, 0.05) is 47.2 Å². The average Bonchev–Trinajstić information content (AvgIpc) is 3.00. The van der Waals surface area contributed by atoms with Crippen molar-refractivity contribution in [2.45, 2.75) is 19.5 Å². The molecule has 0 fully saturated rings. The average molecular weight is 421 g/mol. The summed E-state index contributed by atoms with van der Waals surface area (Å²) in [7, 11) is -1.90. The first-order valence-electron chi connectivity index (χ1n) is 7.80. The highest BCUT2D eigenvalue weighted by atomic mass is 35.5. The van der Waals surface area contributed by atoms with Crippen molar-refractivity contribution in [2.75, 3.05) is 17.2 Å². The molecule has 146 valence electrons. The first kappa shape index (κ1) is 21.1. The fourth-order valence-corrected chi connectivity index (χ4v) is 3.22. The lowest BCUT2D eigenvalue weighted by Crippen LogP contribution is -2.31. The molecule has 1 amide bonds. The third kappa shape index (κ3) is 6.17. The van der Waals surface area contributed by atoms with Crippen molar-refractivity contribution in [1.82, 2.24) is 14.8 Å². The van der Waals surface area contributed by atoms with Crippen LogP contribution in [0.1, 0.15) is 13.3 Å². The fourth-order valence-electron chi connectivity index (χ4n) is 2.17. The number of hydrogen-bond acceptors (Lipinski definition) is 4. The molecule has 2 rings (SSSR count). The zero-order valence-corrected chi connectivity index (χ0v) is 15.8. The minimum atomic E-state index is -4.54. The minimum Gasteiger partial charge on any atom is -0.308 e. The zero-order valence-electron chi connectivity index (χ0n) is 14.2. The molecule has 0 radical (unpaired) electrons. The SMILES string of the molecule is CCN(C(=O)CCS(=O)/C=C/C(F)(F)F)c1cn(-c2cccnc2)nc1Cl. The van der Waals surface area contributed by atoms with Gasteiger partial charge in [0.2, 0.25) is 5.91 Å². The molecule has 0 aliphatic heterocycles. The van der Waals surface area contributed by atoms with E-state index in [2.05, 4.69) is 10.1 Å². The molecule has 0 aliphatic rings. The Labute approximate surface area is 161 Å². The lowest BCUT2D eigenvalue weighted by molar-refractivity contribution is -0.118. The Kier molecular flexibility index (Phi) is 7.14. The summed E-state index contributed by atoms with van der Waals surface area (Å²) in [6.45, 7) is 1.98. The maximum Gasteiger partial charge on any atom is 0.410 e. The number of hydrogen-bond donors (Lipinski definition) is 0. The summed E-state index contributed by atoms with van der Waals surface area (Å²) >= 11 is 6.13. The molecule has 1 unspecified atom stereocenters. The third-order valence-corrected chi connectivity index (χ3v) is 4.71. The Bertz CT molecular complexity index is 840. The maximum absolute atomic E-state index is 12.4. The quantitative estimate of drug-likeness (QED) is 0.687. The van der Waals surface area contributed by atoms with E-state index in [1.165, 1.54) is 9.58 Å². The zero-order chi connectivity index (χ0) is 20.0. The van der Waals surface area contributed by atoms with Crippen LogP contribution in [0.5, 0.6) is 0 Å². The number of allylic oxidation sites excluding steroid dienone is 1. The fraction of sp³-hybridized carbons (Fsp3) is 0.312. The van der Waals surface area contributed by atoms with E-state index in [0.29, 0.717) is 16.8 Å². The van der Waals surface area contributed by atoms with Crippen LogP contribution in [0.2, 0.25) is 5.15 Å². The number of carbonyl (C=O) groups excluding carboxylic acids is 1. The van der Waals surface area contributed by atoms with Gasteiger partial charge in [-0.25, -0.2) is 4.68 Å². The summed E-state index contributed by atoms with van der Waals surface area (Å²) < 4.78 is 49.3. The predicted molar refractivity (Wildman–Crippen MR) is 97.2 cm³/mol. The van der Waals surface area contributed by atoms with Gasteiger partial charge in [0.05, 0.1) is 18.1 Å². The second-order valence-corrected chi connectivity index (χ2v) is 7.08. The van der Waals surface area contributed by atoms with Crippen LogP contribution < -0.4 is 4.90 Å². The number of rotatable bonds is 7. The Balaban J connectivity index is 2.08. The Morgan fingerprint density at radius 2 is 2.19 bits per heavy atom. The Hall–Kier alpha value is -2.20. The number of alkyl halides is 3. The van der Waals surface area contributed by atoms with Gasteiger partial charge in [-0.1, -0.05) is 11.6 Å². The molecule has 2 heterocycles. The van der Waals surface area contributed by atoms with Crippen LogP contribution in [0, 0.1) is 0 Å². The molecule has 2 aromatic heterocycles. The van der Waals surface area contributed by atoms with Crippen molar-refractivity contribution in [1.29, 1.82) is 0 Å². The second-order valence-electron chi connectivity index (χ2n) is 5.28. The third-order valence-electron chi connectivity index (χ3n) is 3.40.